The molecule has 2 nitrogen and oxygen atoms in total. The molecule has 0 saturated heterocycles. The average molecular weight is 763 g/mol. The van der Waals surface area contributed by atoms with Crippen molar-refractivity contribution in [1.29, 1.82) is 0 Å². The minimum atomic E-state index is -0.0307. The molecule has 0 N–H and O–H groups in total. The summed E-state index contributed by atoms with van der Waals surface area (Å²) in [6.07, 6.45) is 6.36. The van der Waals surface area contributed by atoms with Crippen molar-refractivity contribution in [2.24, 2.45) is 0 Å². The standard InChI is InChI=1S/C55H42N2S/c1-54(2)44-19-9-7-16-40(44)42-32-47-43(33-46(42)54)49-39(18-13-20-45(49)55(47)30-11-4-12-31-55)36-26-22-34(23-27-36)35-24-28-37(29-25-35)50-52-51(41-17-8-10-21-48(41)58-52)57-53(56-50)38-14-5-3-6-15-38/h3,5-10,13-29,32-33H,4,11-12,30-31H2,1-2H3. The fourth-order valence-electron chi connectivity index (χ4n) is 10.8. The lowest BCUT2D eigenvalue weighted by atomic mass is 9.67. The molecular formula is C55H42N2S. The number of rotatable bonds is 4. The summed E-state index contributed by atoms with van der Waals surface area (Å²) in [5.41, 5.74) is 21.0. The van der Waals surface area contributed by atoms with Crippen LogP contribution in [0, 0.1) is 0 Å². The molecule has 1 spiro atoms. The maximum absolute atomic E-state index is 5.20. The van der Waals surface area contributed by atoms with E-state index in [1.165, 1.54) is 97.8 Å². The van der Waals surface area contributed by atoms with E-state index in [0.717, 1.165) is 32.9 Å². The topological polar surface area (TPSA) is 25.8 Å². The van der Waals surface area contributed by atoms with E-state index in [1.807, 2.05) is 6.07 Å². The number of hydrogen-bond donors (Lipinski definition) is 0. The highest BCUT2D eigenvalue weighted by molar-refractivity contribution is 7.26. The van der Waals surface area contributed by atoms with Crippen LogP contribution in [-0.4, -0.2) is 9.97 Å². The maximum Gasteiger partial charge on any atom is 0.160 e. The van der Waals surface area contributed by atoms with Crippen LogP contribution in [0.1, 0.15) is 68.2 Å². The molecular weight excluding hydrogens is 721 g/mol. The van der Waals surface area contributed by atoms with Crippen molar-refractivity contribution >= 4 is 31.6 Å². The van der Waals surface area contributed by atoms with Gasteiger partial charge < -0.3 is 0 Å². The van der Waals surface area contributed by atoms with Gasteiger partial charge in [0, 0.05) is 32.0 Å². The summed E-state index contributed by atoms with van der Waals surface area (Å²) in [4.78, 5) is 10.3. The fraction of sp³-hybridized carbons (Fsp3) is 0.164. The van der Waals surface area contributed by atoms with Gasteiger partial charge in [-0.15, -0.1) is 11.3 Å². The summed E-state index contributed by atoms with van der Waals surface area (Å²) in [5, 5.41) is 1.18. The van der Waals surface area contributed by atoms with Crippen LogP contribution < -0.4 is 0 Å². The van der Waals surface area contributed by atoms with Crippen LogP contribution in [0.2, 0.25) is 0 Å². The Morgan fingerprint density at radius 1 is 0.466 bits per heavy atom. The average Bonchev–Trinajstić information content (AvgIpc) is 3.87. The third-order valence-electron chi connectivity index (χ3n) is 13.7. The molecule has 12 rings (SSSR count). The van der Waals surface area contributed by atoms with Crippen LogP contribution in [0.4, 0.5) is 0 Å². The molecule has 0 unspecified atom stereocenters. The number of hydrogen-bond acceptors (Lipinski definition) is 3. The fourth-order valence-corrected chi connectivity index (χ4v) is 12.0. The van der Waals surface area contributed by atoms with Crippen molar-refractivity contribution < 1.29 is 0 Å². The summed E-state index contributed by atoms with van der Waals surface area (Å²) in [6, 6.07) is 58.6. The zero-order valence-corrected chi connectivity index (χ0v) is 33.7. The first-order valence-corrected chi connectivity index (χ1v) is 21.7. The molecule has 2 heterocycles. The van der Waals surface area contributed by atoms with Crippen LogP contribution >= 0.6 is 11.3 Å². The maximum atomic E-state index is 5.20. The van der Waals surface area contributed by atoms with Gasteiger partial charge in [0.05, 0.1) is 15.9 Å². The Hall–Kier alpha value is -6.16. The number of benzene rings is 7. The van der Waals surface area contributed by atoms with E-state index in [-0.39, 0.29) is 10.8 Å². The van der Waals surface area contributed by atoms with E-state index in [0.29, 0.717) is 0 Å². The smallest absolute Gasteiger partial charge is 0.160 e. The summed E-state index contributed by atoms with van der Waals surface area (Å²) < 4.78 is 2.36. The molecule has 0 atom stereocenters. The lowest BCUT2D eigenvalue weighted by Crippen LogP contribution is -2.28. The molecule has 1 saturated carbocycles. The van der Waals surface area contributed by atoms with Crippen molar-refractivity contribution in [2.75, 3.05) is 0 Å². The minimum Gasteiger partial charge on any atom is -0.226 e. The normalized spacial score (nSPS) is 15.7. The van der Waals surface area contributed by atoms with Gasteiger partial charge in [0.2, 0.25) is 0 Å². The molecule has 9 aromatic rings. The molecule has 7 aromatic carbocycles. The highest BCUT2D eigenvalue weighted by atomic mass is 32.1. The summed E-state index contributed by atoms with van der Waals surface area (Å²) >= 11 is 1.78. The highest BCUT2D eigenvalue weighted by Gasteiger charge is 2.47. The molecule has 0 amide bonds. The van der Waals surface area contributed by atoms with Crippen molar-refractivity contribution in [3.63, 3.8) is 0 Å². The number of nitrogens with zero attached hydrogens (tertiary/aromatic N) is 2. The van der Waals surface area contributed by atoms with Crippen molar-refractivity contribution in [1.82, 2.24) is 9.97 Å². The molecule has 0 radical (unpaired) electrons. The molecule has 2 aromatic heterocycles. The molecule has 0 aliphatic heterocycles. The second-order valence-corrected chi connectivity index (χ2v) is 18.2. The Morgan fingerprint density at radius 2 is 1.10 bits per heavy atom. The van der Waals surface area contributed by atoms with Crippen molar-refractivity contribution in [3.8, 4) is 67.2 Å². The van der Waals surface area contributed by atoms with Crippen LogP contribution in [0.5, 0.6) is 0 Å². The van der Waals surface area contributed by atoms with Gasteiger partial charge >= 0.3 is 0 Å². The Kier molecular flexibility index (Phi) is 7.41. The second kappa shape index (κ2) is 12.7. The van der Waals surface area contributed by atoms with Crippen molar-refractivity contribution in [2.45, 2.75) is 56.8 Å². The van der Waals surface area contributed by atoms with Gasteiger partial charge in [-0.2, -0.15) is 0 Å². The van der Waals surface area contributed by atoms with E-state index in [9.17, 15) is 0 Å². The Balaban J connectivity index is 0.931. The number of aromatic nitrogens is 2. The van der Waals surface area contributed by atoms with Crippen LogP contribution in [0.3, 0.4) is 0 Å². The summed E-state index contributed by atoms with van der Waals surface area (Å²) in [5.74, 6) is 0.758. The lowest BCUT2D eigenvalue weighted by Gasteiger charge is -2.36. The lowest BCUT2D eigenvalue weighted by molar-refractivity contribution is 0.353. The van der Waals surface area contributed by atoms with Gasteiger partial charge in [-0.05, 0) is 97.8 Å². The zero-order chi connectivity index (χ0) is 38.6. The monoisotopic (exact) mass is 762 g/mol. The van der Waals surface area contributed by atoms with Gasteiger partial charge in [0.15, 0.2) is 5.82 Å². The number of fused-ring (bicyclic) bond motifs is 11. The molecule has 3 aliphatic rings. The van der Waals surface area contributed by atoms with Crippen molar-refractivity contribution in [3.05, 3.63) is 180 Å². The first kappa shape index (κ1) is 33.9. The predicted octanol–water partition coefficient (Wildman–Crippen LogP) is 15.0. The molecule has 1 fully saturated rings. The van der Waals surface area contributed by atoms with Gasteiger partial charge in [-0.1, -0.05) is 173 Å². The van der Waals surface area contributed by atoms with E-state index in [4.69, 9.17) is 9.97 Å². The van der Waals surface area contributed by atoms with Gasteiger partial charge in [-0.25, -0.2) is 9.97 Å². The quantitative estimate of drug-likeness (QED) is 0.178. The van der Waals surface area contributed by atoms with E-state index < -0.39 is 0 Å². The molecule has 278 valence electrons. The minimum absolute atomic E-state index is 0.0307. The Labute approximate surface area is 343 Å². The molecule has 3 heteroatoms. The SMILES string of the molecule is CC1(C)c2ccccc2-c2cc3c(cc21)-c1c(-c2ccc(-c4ccc(-c5nc(-c6ccccc6)nc6c5sc5ccccc56)cc4)cc2)cccc1C31CCCCC1. The third kappa shape index (κ3) is 4.90. The highest BCUT2D eigenvalue weighted by Crippen LogP contribution is 2.61. The Bertz CT molecular complexity index is 3090. The predicted molar refractivity (Wildman–Crippen MR) is 244 cm³/mol. The first-order valence-electron chi connectivity index (χ1n) is 20.9. The zero-order valence-electron chi connectivity index (χ0n) is 32.8. The summed E-state index contributed by atoms with van der Waals surface area (Å²) in [7, 11) is 0. The molecule has 0 bridgehead atoms. The second-order valence-electron chi connectivity index (χ2n) is 17.2. The summed E-state index contributed by atoms with van der Waals surface area (Å²) in [6.45, 7) is 4.82. The first-order chi connectivity index (χ1) is 28.5. The Morgan fingerprint density at radius 3 is 1.90 bits per heavy atom. The third-order valence-corrected chi connectivity index (χ3v) is 14.9. The van der Waals surface area contributed by atoms with Crippen LogP contribution in [0.25, 0.3) is 87.5 Å². The largest absolute Gasteiger partial charge is 0.226 e. The van der Waals surface area contributed by atoms with Crippen LogP contribution in [0.15, 0.2) is 158 Å². The van der Waals surface area contributed by atoms with E-state index in [1.54, 1.807) is 22.5 Å². The molecule has 58 heavy (non-hydrogen) atoms. The van der Waals surface area contributed by atoms with Crippen LogP contribution in [-0.2, 0) is 10.8 Å². The van der Waals surface area contributed by atoms with E-state index >= 15 is 0 Å². The van der Waals surface area contributed by atoms with Gasteiger partial charge in [0.25, 0.3) is 0 Å². The number of thiophene rings is 1. The van der Waals surface area contributed by atoms with E-state index in [2.05, 4.69) is 166 Å². The molecule has 3 aliphatic carbocycles. The van der Waals surface area contributed by atoms with Gasteiger partial charge in [-0.3, -0.25) is 0 Å². The van der Waals surface area contributed by atoms with Gasteiger partial charge in [0.1, 0.15) is 0 Å².